The molecule has 0 fully saturated rings. The predicted molar refractivity (Wildman–Crippen MR) is 97.1 cm³/mol. The third-order valence-electron chi connectivity index (χ3n) is 2.97. The Hall–Kier alpha value is -2.40. The number of aryl methyl sites for hydroxylation is 1. The van der Waals surface area contributed by atoms with Gasteiger partial charge in [0.15, 0.2) is 5.11 Å². The van der Waals surface area contributed by atoms with Crippen molar-refractivity contribution in [3.8, 4) is 5.75 Å². The van der Waals surface area contributed by atoms with Gasteiger partial charge in [0.2, 0.25) is 0 Å². The highest BCUT2D eigenvalue weighted by Crippen LogP contribution is 2.18. The highest BCUT2D eigenvalue weighted by atomic mass is 32.1. The van der Waals surface area contributed by atoms with Crippen LogP contribution in [-0.2, 0) is 0 Å². The van der Waals surface area contributed by atoms with E-state index < -0.39 is 0 Å². The van der Waals surface area contributed by atoms with Gasteiger partial charge >= 0.3 is 0 Å². The number of amides is 1. The van der Waals surface area contributed by atoms with Crippen molar-refractivity contribution in [2.24, 2.45) is 0 Å². The molecule has 0 heterocycles. The molecule has 0 aliphatic heterocycles. The van der Waals surface area contributed by atoms with Crippen LogP contribution in [0.15, 0.2) is 48.5 Å². The van der Waals surface area contributed by atoms with Crippen molar-refractivity contribution < 1.29 is 9.53 Å². The summed E-state index contributed by atoms with van der Waals surface area (Å²) in [5, 5.41) is 5.91. The quantitative estimate of drug-likeness (QED) is 0.836. The topological polar surface area (TPSA) is 50.4 Å². The summed E-state index contributed by atoms with van der Waals surface area (Å²) in [5.41, 5.74) is 2.36. The maximum atomic E-state index is 12.1. The van der Waals surface area contributed by atoms with Gasteiger partial charge in [0.05, 0.1) is 6.10 Å². The molecule has 0 aliphatic carbocycles. The summed E-state index contributed by atoms with van der Waals surface area (Å²) in [5.74, 6) is 0.513. The molecule has 1 amide bonds. The number of benzene rings is 2. The van der Waals surface area contributed by atoms with Crippen LogP contribution in [0.4, 0.5) is 5.69 Å². The minimum atomic E-state index is -0.235. The Labute approximate surface area is 141 Å². The Morgan fingerprint density at radius 3 is 2.57 bits per heavy atom. The van der Waals surface area contributed by atoms with Gasteiger partial charge in [0, 0.05) is 17.3 Å². The molecular formula is C18H20N2O2S. The van der Waals surface area contributed by atoms with Crippen molar-refractivity contribution in [2.45, 2.75) is 26.9 Å². The molecule has 0 saturated heterocycles. The summed E-state index contributed by atoms with van der Waals surface area (Å²) in [6, 6.07) is 14.8. The van der Waals surface area contributed by atoms with E-state index in [0.29, 0.717) is 5.56 Å². The predicted octanol–water partition coefficient (Wildman–Crippen LogP) is 3.91. The number of anilines is 1. The van der Waals surface area contributed by atoms with Crippen LogP contribution in [0, 0.1) is 6.92 Å². The van der Waals surface area contributed by atoms with Crippen molar-refractivity contribution >= 4 is 28.9 Å². The monoisotopic (exact) mass is 328 g/mol. The molecule has 2 aromatic rings. The number of rotatable bonds is 4. The first kappa shape index (κ1) is 17.0. The summed E-state index contributed by atoms with van der Waals surface area (Å²) in [6.45, 7) is 5.87. The van der Waals surface area contributed by atoms with Crippen LogP contribution in [0.1, 0.15) is 29.8 Å². The Morgan fingerprint density at radius 2 is 1.87 bits per heavy atom. The lowest BCUT2D eigenvalue weighted by molar-refractivity contribution is 0.0977. The van der Waals surface area contributed by atoms with Crippen LogP contribution in [-0.4, -0.2) is 17.1 Å². The molecule has 2 aromatic carbocycles. The van der Waals surface area contributed by atoms with E-state index in [1.54, 1.807) is 6.07 Å². The fraction of sp³-hybridized carbons (Fsp3) is 0.222. The second-order valence-corrected chi connectivity index (χ2v) is 5.88. The third kappa shape index (κ3) is 5.38. The first-order chi connectivity index (χ1) is 10.9. The van der Waals surface area contributed by atoms with Gasteiger partial charge < -0.3 is 10.1 Å². The smallest absolute Gasteiger partial charge is 0.257 e. The molecule has 2 rings (SSSR count). The van der Waals surface area contributed by atoms with E-state index in [0.717, 1.165) is 17.0 Å². The van der Waals surface area contributed by atoms with Gasteiger partial charge in [-0.2, -0.15) is 0 Å². The lowest BCUT2D eigenvalue weighted by atomic mass is 10.1. The molecule has 0 saturated carbocycles. The number of hydrogen-bond acceptors (Lipinski definition) is 3. The molecule has 5 heteroatoms. The van der Waals surface area contributed by atoms with Crippen molar-refractivity contribution in [1.82, 2.24) is 5.32 Å². The standard InChI is InChI=1S/C18H20N2O2S/c1-12(2)22-16-9-5-8-15(11-16)19-18(23)20-17(21)14-7-4-6-13(3)10-14/h4-12H,1-3H3,(H2,19,20,21,23). The number of carbonyl (C=O) groups is 1. The minimum absolute atomic E-state index is 0.0956. The Bertz CT molecular complexity index is 714. The van der Waals surface area contributed by atoms with E-state index in [4.69, 9.17) is 17.0 Å². The summed E-state index contributed by atoms with van der Waals surface area (Å²) >= 11 is 5.19. The molecule has 23 heavy (non-hydrogen) atoms. The molecule has 4 nitrogen and oxygen atoms in total. The maximum absolute atomic E-state index is 12.1. The van der Waals surface area contributed by atoms with Crippen LogP contribution in [0.25, 0.3) is 0 Å². The van der Waals surface area contributed by atoms with E-state index in [1.165, 1.54) is 0 Å². The fourth-order valence-corrected chi connectivity index (χ4v) is 2.25. The molecule has 120 valence electrons. The molecule has 0 bridgehead atoms. The van der Waals surface area contributed by atoms with E-state index in [-0.39, 0.29) is 17.1 Å². The Kier molecular flexibility index (Phi) is 5.71. The second-order valence-electron chi connectivity index (χ2n) is 5.47. The number of hydrogen-bond donors (Lipinski definition) is 2. The highest BCUT2D eigenvalue weighted by Gasteiger charge is 2.08. The van der Waals surface area contributed by atoms with Crippen molar-refractivity contribution in [1.29, 1.82) is 0 Å². The van der Waals surface area contributed by atoms with Crippen LogP contribution in [0.3, 0.4) is 0 Å². The molecule has 0 radical (unpaired) electrons. The number of carbonyl (C=O) groups excluding carboxylic acids is 1. The first-order valence-corrected chi connectivity index (χ1v) is 7.80. The fourth-order valence-electron chi connectivity index (χ4n) is 2.04. The highest BCUT2D eigenvalue weighted by molar-refractivity contribution is 7.80. The molecule has 2 N–H and O–H groups in total. The van der Waals surface area contributed by atoms with Gasteiger partial charge in [-0.15, -0.1) is 0 Å². The molecule has 0 spiro atoms. The van der Waals surface area contributed by atoms with Crippen LogP contribution < -0.4 is 15.4 Å². The van der Waals surface area contributed by atoms with Gasteiger partial charge in [-0.3, -0.25) is 10.1 Å². The largest absolute Gasteiger partial charge is 0.491 e. The van der Waals surface area contributed by atoms with Gasteiger partial charge in [-0.25, -0.2) is 0 Å². The van der Waals surface area contributed by atoms with E-state index in [9.17, 15) is 4.79 Å². The summed E-state index contributed by atoms with van der Waals surface area (Å²) in [7, 11) is 0. The number of ether oxygens (including phenoxy) is 1. The zero-order chi connectivity index (χ0) is 16.8. The number of thiocarbonyl (C=S) groups is 1. The van der Waals surface area contributed by atoms with Crippen molar-refractivity contribution in [2.75, 3.05) is 5.32 Å². The molecular weight excluding hydrogens is 308 g/mol. The molecule has 0 atom stereocenters. The van der Waals surface area contributed by atoms with E-state index >= 15 is 0 Å². The van der Waals surface area contributed by atoms with Crippen LogP contribution >= 0.6 is 12.2 Å². The zero-order valence-electron chi connectivity index (χ0n) is 13.4. The minimum Gasteiger partial charge on any atom is -0.491 e. The van der Waals surface area contributed by atoms with Crippen molar-refractivity contribution in [3.63, 3.8) is 0 Å². The normalized spacial score (nSPS) is 10.3. The van der Waals surface area contributed by atoms with Gasteiger partial charge in [-0.05, 0) is 57.3 Å². The third-order valence-corrected chi connectivity index (χ3v) is 3.18. The maximum Gasteiger partial charge on any atom is 0.257 e. The molecule has 0 aliphatic rings. The SMILES string of the molecule is Cc1cccc(C(=O)NC(=S)Nc2cccc(OC(C)C)c2)c1. The first-order valence-electron chi connectivity index (χ1n) is 7.40. The number of nitrogens with one attached hydrogen (secondary N) is 2. The van der Waals surface area contributed by atoms with Crippen LogP contribution in [0.5, 0.6) is 5.75 Å². The van der Waals surface area contributed by atoms with E-state index in [2.05, 4.69) is 10.6 Å². The van der Waals surface area contributed by atoms with Gasteiger partial charge in [-0.1, -0.05) is 23.8 Å². The Morgan fingerprint density at radius 1 is 1.13 bits per heavy atom. The molecule has 0 unspecified atom stereocenters. The summed E-state index contributed by atoms with van der Waals surface area (Å²) in [4.78, 5) is 12.1. The Balaban J connectivity index is 1.98. The molecule has 0 aromatic heterocycles. The van der Waals surface area contributed by atoms with Crippen molar-refractivity contribution in [3.05, 3.63) is 59.7 Å². The average Bonchev–Trinajstić information content (AvgIpc) is 2.46. The average molecular weight is 328 g/mol. The summed E-state index contributed by atoms with van der Waals surface area (Å²) < 4.78 is 5.63. The zero-order valence-corrected chi connectivity index (χ0v) is 14.2. The second kappa shape index (κ2) is 7.74. The van der Waals surface area contributed by atoms with Gasteiger partial charge in [0.25, 0.3) is 5.91 Å². The lowest BCUT2D eigenvalue weighted by Gasteiger charge is -2.13. The van der Waals surface area contributed by atoms with Gasteiger partial charge in [0.1, 0.15) is 5.75 Å². The van der Waals surface area contributed by atoms with Crippen LogP contribution in [0.2, 0.25) is 0 Å². The van der Waals surface area contributed by atoms with E-state index in [1.807, 2.05) is 63.2 Å². The summed E-state index contributed by atoms with van der Waals surface area (Å²) in [6.07, 6.45) is 0.0956. The lowest BCUT2D eigenvalue weighted by Crippen LogP contribution is -2.34.